The van der Waals surface area contributed by atoms with Crippen LogP contribution in [0.1, 0.15) is 36.5 Å². The zero-order valence-corrected chi connectivity index (χ0v) is 12.4. The maximum atomic E-state index is 12.5. The summed E-state index contributed by atoms with van der Waals surface area (Å²) in [6.45, 7) is 2.62. The molecule has 1 amide bonds. The van der Waals surface area contributed by atoms with Crippen LogP contribution in [0.15, 0.2) is 12.1 Å². The molecule has 1 saturated carbocycles. The topological polar surface area (TPSA) is 63.5 Å². The fourth-order valence-electron chi connectivity index (χ4n) is 2.07. The summed E-state index contributed by atoms with van der Waals surface area (Å²) in [6.07, 6.45) is 2.80. The van der Waals surface area contributed by atoms with Crippen molar-refractivity contribution in [1.29, 1.82) is 0 Å². The van der Waals surface area contributed by atoms with Crippen molar-refractivity contribution in [2.45, 2.75) is 32.2 Å². The average Bonchev–Trinajstić information content (AvgIpc) is 3.22. The lowest BCUT2D eigenvalue weighted by Crippen LogP contribution is -2.33. The highest BCUT2D eigenvalue weighted by Crippen LogP contribution is 2.35. The summed E-state index contributed by atoms with van der Waals surface area (Å²) in [5, 5.41) is 10.8. The van der Waals surface area contributed by atoms with Gasteiger partial charge in [-0.2, -0.15) is 0 Å². The molecule has 0 aliphatic heterocycles. The van der Waals surface area contributed by atoms with E-state index in [0.717, 1.165) is 19.3 Å². The van der Waals surface area contributed by atoms with Crippen molar-refractivity contribution in [1.82, 2.24) is 4.90 Å². The number of hydrogen-bond acceptors (Lipinski definition) is 3. The number of nitrogens with zero attached hydrogens (tertiary/aromatic N) is 2. The van der Waals surface area contributed by atoms with Crippen LogP contribution in [0.4, 0.5) is 5.69 Å². The predicted octanol–water partition coefficient (Wildman–Crippen LogP) is 3.92. The second-order valence-electron chi connectivity index (χ2n) is 4.78. The molecule has 0 saturated heterocycles. The van der Waals surface area contributed by atoms with Crippen LogP contribution < -0.4 is 0 Å². The number of carbonyl (C=O) groups excluding carboxylic acids is 1. The Hall–Kier alpha value is -1.33. The number of benzene rings is 1. The predicted molar refractivity (Wildman–Crippen MR) is 77.5 cm³/mol. The van der Waals surface area contributed by atoms with Gasteiger partial charge in [0, 0.05) is 24.2 Å². The van der Waals surface area contributed by atoms with Gasteiger partial charge in [0.2, 0.25) is 0 Å². The Morgan fingerprint density at radius 2 is 2.10 bits per heavy atom. The van der Waals surface area contributed by atoms with Gasteiger partial charge < -0.3 is 4.90 Å². The minimum absolute atomic E-state index is 0.0245. The maximum Gasteiger partial charge on any atom is 0.290 e. The van der Waals surface area contributed by atoms with Crippen LogP contribution in [0.25, 0.3) is 0 Å². The van der Waals surface area contributed by atoms with Gasteiger partial charge in [0.1, 0.15) is 5.02 Å². The SMILES string of the molecule is CCCN(C(=O)c1cc(Cl)c(Cl)c([N+](=O)[O-])c1)C1CC1. The van der Waals surface area contributed by atoms with Crippen molar-refractivity contribution in [3.05, 3.63) is 37.9 Å². The molecule has 2 rings (SSSR count). The van der Waals surface area contributed by atoms with Crippen molar-refractivity contribution >= 4 is 34.8 Å². The molecular weight excluding hydrogens is 303 g/mol. The maximum absolute atomic E-state index is 12.5. The summed E-state index contributed by atoms with van der Waals surface area (Å²) in [6, 6.07) is 2.84. The Morgan fingerprint density at radius 1 is 1.45 bits per heavy atom. The van der Waals surface area contributed by atoms with E-state index in [1.807, 2.05) is 6.92 Å². The third kappa shape index (κ3) is 3.04. The van der Waals surface area contributed by atoms with E-state index in [4.69, 9.17) is 23.2 Å². The van der Waals surface area contributed by atoms with Gasteiger partial charge in [0.15, 0.2) is 0 Å². The highest BCUT2D eigenvalue weighted by atomic mass is 35.5. The molecule has 1 aromatic rings. The Kier molecular flexibility index (Phi) is 4.50. The largest absolute Gasteiger partial charge is 0.336 e. The van der Waals surface area contributed by atoms with Crippen molar-refractivity contribution in [2.24, 2.45) is 0 Å². The lowest BCUT2D eigenvalue weighted by atomic mass is 10.1. The van der Waals surface area contributed by atoms with Gasteiger partial charge in [0.05, 0.1) is 9.95 Å². The average molecular weight is 317 g/mol. The van der Waals surface area contributed by atoms with E-state index in [0.29, 0.717) is 6.54 Å². The van der Waals surface area contributed by atoms with Gasteiger partial charge in [0.25, 0.3) is 11.6 Å². The molecule has 0 unspecified atom stereocenters. The van der Waals surface area contributed by atoms with E-state index in [2.05, 4.69) is 0 Å². The molecule has 108 valence electrons. The Labute approximate surface area is 126 Å². The zero-order chi connectivity index (χ0) is 14.9. The fraction of sp³-hybridized carbons (Fsp3) is 0.462. The molecule has 5 nitrogen and oxygen atoms in total. The Balaban J connectivity index is 2.36. The first-order valence-corrected chi connectivity index (χ1v) is 7.15. The molecule has 0 aromatic heterocycles. The van der Waals surface area contributed by atoms with Gasteiger partial charge in [-0.3, -0.25) is 14.9 Å². The van der Waals surface area contributed by atoms with Gasteiger partial charge in [-0.25, -0.2) is 0 Å². The zero-order valence-electron chi connectivity index (χ0n) is 10.9. The molecule has 1 fully saturated rings. The van der Waals surface area contributed by atoms with E-state index >= 15 is 0 Å². The molecule has 0 bridgehead atoms. The van der Waals surface area contributed by atoms with E-state index in [9.17, 15) is 14.9 Å². The first-order chi connectivity index (χ1) is 9.45. The number of nitro benzene ring substituents is 1. The number of nitro groups is 1. The summed E-state index contributed by atoms with van der Waals surface area (Å²) < 4.78 is 0. The van der Waals surface area contributed by atoms with Crippen LogP contribution in [0, 0.1) is 10.1 Å². The molecule has 1 aliphatic carbocycles. The normalized spacial score (nSPS) is 14.2. The standard InChI is InChI=1S/C13H14Cl2N2O3/c1-2-5-16(9-3-4-9)13(18)8-6-10(14)12(15)11(7-8)17(19)20/h6-7,9H,2-5H2,1H3. The van der Waals surface area contributed by atoms with Crippen molar-refractivity contribution in [3.8, 4) is 0 Å². The second-order valence-corrected chi connectivity index (χ2v) is 5.56. The first kappa shape index (κ1) is 15.1. The van der Waals surface area contributed by atoms with Crippen LogP contribution in [0.2, 0.25) is 10.0 Å². The number of amides is 1. The third-order valence-electron chi connectivity index (χ3n) is 3.17. The van der Waals surface area contributed by atoms with E-state index in [1.54, 1.807) is 4.90 Å². The van der Waals surface area contributed by atoms with Crippen LogP contribution in [-0.2, 0) is 0 Å². The second kappa shape index (κ2) is 5.97. The van der Waals surface area contributed by atoms with Gasteiger partial charge >= 0.3 is 0 Å². The molecule has 0 spiro atoms. The smallest absolute Gasteiger partial charge is 0.290 e. The number of rotatable bonds is 5. The molecule has 0 atom stereocenters. The van der Waals surface area contributed by atoms with Crippen molar-refractivity contribution < 1.29 is 9.72 Å². The monoisotopic (exact) mass is 316 g/mol. The molecule has 0 N–H and O–H groups in total. The highest BCUT2D eigenvalue weighted by molar-refractivity contribution is 6.43. The molecule has 0 radical (unpaired) electrons. The number of carbonyl (C=O) groups is 1. The van der Waals surface area contributed by atoms with Crippen LogP contribution in [0.5, 0.6) is 0 Å². The summed E-state index contributed by atoms with van der Waals surface area (Å²) >= 11 is 11.7. The van der Waals surface area contributed by atoms with E-state index in [-0.39, 0.29) is 33.2 Å². The van der Waals surface area contributed by atoms with Crippen molar-refractivity contribution in [3.63, 3.8) is 0 Å². The molecule has 1 aliphatic rings. The van der Waals surface area contributed by atoms with Crippen LogP contribution in [-0.4, -0.2) is 28.3 Å². The lowest BCUT2D eigenvalue weighted by molar-refractivity contribution is -0.384. The van der Waals surface area contributed by atoms with Crippen LogP contribution in [0.3, 0.4) is 0 Å². The molecule has 20 heavy (non-hydrogen) atoms. The summed E-state index contributed by atoms with van der Waals surface area (Å²) in [4.78, 5) is 24.5. The molecule has 7 heteroatoms. The van der Waals surface area contributed by atoms with E-state index < -0.39 is 4.92 Å². The lowest BCUT2D eigenvalue weighted by Gasteiger charge is -2.21. The quantitative estimate of drug-likeness (QED) is 0.611. The Bertz CT molecular complexity index is 559. The molecular formula is C13H14Cl2N2O3. The number of hydrogen-bond donors (Lipinski definition) is 0. The van der Waals surface area contributed by atoms with Crippen molar-refractivity contribution in [2.75, 3.05) is 6.54 Å². The Morgan fingerprint density at radius 3 is 2.60 bits per heavy atom. The molecule has 1 aromatic carbocycles. The van der Waals surface area contributed by atoms with E-state index in [1.165, 1.54) is 12.1 Å². The minimum atomic E-state index is -0.633. The molecule has 0 heterocycles. The van der Waals surface area contributed by atoms with Crippen LogP contribution >= 0.6 is 23.2 Å². The number of halogens is 2. The fourth-order valence-corrected chi connectivity index (χ4v) is 2.47. The van der Waals surface area contributed by atoms with Gasteiger partial charge in [-0.05, 0) is 25.3 Å². The highest BCUT2D eigenvalue weighted by Gasteiger charge is 2.33. The summed E-state index contributed by atoms with van der Waals surface area (Å²) in [7, 11) is 0. The summed E-state index contributed by atoms with van der Waals surface area (Å²) in [5.74, 6) is -0.226. The minimum Gasteiger partial charge on any atom is -0.336 e. The summed E-state index contributed by atoms with van der Waals surface area (Å²) in [5.41, 5.74) is -0.124. The first-order valence-electron chi connectivity index (χ1n) is 6.40. The van der Waals surface area contributed by atoms with Gasteiger partial charge in [-0.15, -0.1) is 0 Å². The third-order valence-corrected chi connectivity index (χ3v) is 3.96. The van der Waals surface area contributed by atoms with Gasteiger partial charge in [-0.1, -0.05) is 30.1 Å².